The molecule has 5 heterocycles. The molecule has 166 valence electrons. The zero-order chi connectivity index (χ0) is 23.6. The Labute approximate surface area is 197 Å². The summed E-state index contributed by atoms with van der Waals surface area (Å²) in [6, 6.07) is 15.4. The van der Waals surface area contributed by atoms with E-state index in [4.69, 9.17) is 20.0 Å². The van der Waals surface area contributed by atoms with Gasteiger partial charge in [0.15, 0.2) is 11.7 Å². The van der Waals surface area contributed by atoms with Gasteiger partial charge in [-0.1, -0.05) is 17.7 Å². The fourth-order valence-corrected chi connectivity index (χ4v) is 5.52. The van der Waals surface area contributed by atoms with Gasteiger partial charge in [0.1, 0.15) is 34.2 Å². The van der Waals surface area contributed by atoms with Gasteiger partial charge in [0.25, 0.3) is 0 Å². The highest BCUT2D eigenvalue weighted by molar-refractivity contribution is 6.56. The highest BCUT2D eigenvalue weighted by Gasteiger charge is 2.33. The van der Waals surface area contributed by atoms with Gasteiger partial charge in [-0.25, -0.2) is 28.8 Å². The molecule has 8 rings (SSSR count). The van der Waals surface area contributed by atoms with Crippen LogP contribution in [0.1, 0.15) is 16.7 Å². The number of rotatable bonds is 0. The number of amidine groups is 2. The quantitative estimate of drug-likeness (QED) is 0.307. The molecule has 0 saturated carbocycles. The van der Waals surface area contributed by atoms with Crippen molar-refractivity contribution in [2.45, 2.75) is 13.7 Å². The Morgan fingerprint density at radius 1 is 0.629 bits per heavy atom. The van der Waals surface area contributed by atoms with Crippen molar-refractivity contribution in [2.75, 3.05) is 0 Å². The van der Waals surface area contributed by atoms with Gasteiger partial charge in [-0.2, -0.15) is 0 Å². The number of aryl methyl sites for hydroxylation is 1. The van der Waals surface area contributed by atoms with Crippen molar-refractivity contribution < 1.29 is 8.78 Å². The minimum absolute atomic E-state index is 0.239. The average Bonchev–Trinajstić information content (AvgIpc) is 3.43. The number of aliphatic imine (C=N–C) groups is 2. The number of aromatic nitrogens is 2. The van der Waals surface area contributed by atoms with E-state index in [2.05, 4.69) is 17.4 Å². The predicted octanol–water partition coefficient (Wildman–Crippen LogP) is 4.43. The van der Waals surface area contributed by atoms with Gasteiger partial charge >= 0.3 is 6.98 Å². The number of halogens is 2. The lowest BCUT2D eigenvalue weighted by Gasteiger charge is -2.20. The van der Waals surface area contributed by atoms with Crippen LogP contribution < -0.4 is 11.0 Å². The average molecular weight is 460 g/mol. The summed E-state index contributed by atoms with van der Waals surface area (Å²) in [7, 11) is 0. The molecule has 0 unspecified atom stereocenters. The van der Waals surface area contributed by atoms with E-state index >= 15 is 0 Å². The normalized spacial score (nSPS) is 15.0. The molecule has 35 heavy (non-hydrogen) atoms. The van der Waals surface area contributed by atoms with E-state index in [-0.39, 0.29) is 18.6 Å². The molecule has 3 aliphatic heterocycles. The Kier molecular flexibility index (Phi) is 3.35. The van der Waals surface area contributed by atoms with Crippen molar-refractivity contribution in [3.63, 3.8) is 0 Å². The van der Waals surface area contributed by atoms with Crippen LogP contribution in [0, 0.1) is 18.6 Å². The van der Waals surface area contributed by atoms with E-state index in [9.17, 15) is 8.78 Å². The lowest BCUT2D eigenvalue weighted by molar-refractivity contribution is 0.627. The number of hydrogen-bond donors (Lipinski definition) is 0. The molecule has 0 radical (unpaired) electrons. The molecule has 6 nitrogen and oxygen atoms in total. The summed E-state index contributed by atoms with van der Waals surface area (Å²) in [5, 5.41) is 3.34. The smallest absolute Gasteiger partial charge is 0.334 e. The molecule has 0 fully saturated rings. The van der Waals surface area contributed by atoms with E-state index in [0.717, 1.165) is 38.3 Å². The third-order valence-electron chi connectivity index (χ3n) is 7.09. The zero-order valence-corrected chi connectivity index (χ0v) is 18.7. The molecule has 0 amide bonds. The summed E-state index contributed by atoms with van der Waals surface area (Å²) in [5.41, 5.74) is 3.90. The van der Waals surface area contributed by atoms with Crippen LogP contribution in [0.5, 0.6) is 0 Å². The summed E-state index contributed by atoms with van der Waals surface area (Å²) < 4.78 is 32.8. The van der Waals surface area contributed by atoms with Crippen molar-refractivity contribution in [1.82, 2.24) is 8.96 Å². The van der Waals surface area contributed by atoms with Gasteiger partial charge in [0.05, 0.1) is 0 Å². The fraction of sp³-hybridized carbons (Fsp3) is 0.0769. The van der Waals surface area contributed by atoms with Crippen LogP contribution >= 0.6 is 0 Å². The molecular weight excluding hydrogens is 445 g/mol. The van der Waals surface area contributed by atoms with Gasteiger partial charge in [-0.15, -0.1) is 0 Å². The molecule has 0 aliphatic carbocycles. The fourth-order valence-electron chi connectivity index (χ4n) is 5.52. The monoisotopic (exact) mass is 460 g/mol. The second kappa shape index (κ2) is 6.18. The zero-order valence-electron chi connectivity index (χ0n) is 18.7. The van der Waals surface area contributed by atoms with Crippen molar-refractivity contribution in [3.8, 4) is 0 Å². The third kappa shape index (κ3) is 2.32. The largest absolute Gasteiger partial charge is 0.386 e. The van der Waals surface area contributed by atoms with Gasteiger partial charge in [-0.05, 0) is 56.2 Å². The van der Waals surface area contributed by atoms with Crippen LogP contribution in [0.4, 0.5) is 20.4 Å². The van der Waals surface area contributed by atoms with E-state index in [0.29, 0.717) is 34.3 Å². The maximum absolute atomic E-state index is 14.4. The molecule has 0 atom stereocenters. The molecule has 9 heteroatoms. The van der Waals surface area contributed by atoms with Crippen LogP contribution in [0.15, 0.2) is 74.6 Å². The third-order valence-corrected chi connectivity index (χ3v) is 7.09. The number of nitrogens with zero attached hydrogens (tertiary/aromatic N) is 6. The van der Waals surface area contributed by atoms with Crippen LogP contribution in [0.2, 0.25) is 6.82 Å². The topological polar surface area (TPSA) is 59.3 Å². The molecule has 2 aromatic heterocycles. The maximum Gasteiger partial charge on any atom is 0.386 e. The summed E-state index contributed by atoms with van der Waals surface area (Å²) >= 11 is 0. The molecule has 0 saturated heterocycles. The first-order chi connectivity index (χ1) is 17.0. The Morgan fingerprint density at radius 3 is 2.23 bits per heavy atom. The standard InChI is InChI=1S/C26H15BF2N6/c1-12-3-6-16-19(9-12)25-33-26-20-11-14(29)5-8-17(20)24-32-22-18-10-13(28)4-7-15(18)21(30-22)31-23(16)34(25)27(2)35(24)26/h3-11H,1-2H3. The molecular formula is C26H15BF2N6. The summed E-state index contributed by atoms with van der Waals surface area (Å²) in [4.78, 5) is 19.7. The van der Waals surface area contributed by atoms with Crippen LogP contribution in [0.3, 0.4) is 0 Å². The van der Waals surface area contributed by atoms with Crippen molar-refractivity contribution in [3.05, 3.63) is 93.9 Å². The van der Waals surface area contributed by atoms with Crippen molar-refractivity contribution in [2.24, 2.45) is 20.0 Å². The summed E-state index contributed by atoms with van der Waals surface area (Å²) in [6.07, 6.45) is 0. The van der Waals surface area contributed by atoms with Gasteiger partial charge in [0, 0.05) is 32.7 Å². The Balaban J connectivity index is 1.67. The molecule has 3 aliphatic rings. The van der Waals surface area contributed by atoms with Gasteiger partial charge < -0.3 is 8.96 Å². The molecule has 3 aromatic carbocycles. The Morgan fingerprint density at radius 2 is 1.34 bits per heavy atom. The molecule has 0 spiro atoms. The lowest BCUT2D eigenvalue weighted by Crippen LogP contribution is -2.46. The van der Waals surface area contributed by atoms with E-state index < -0.39 is 0 Å². The highest BCUT2D eigenvalue weighted by atomic mass is 19.1. The molecule has 0 N–H and O–H groups in total. The number of fused-ring (bicyclic) bond motifs is 10. The summed E-state index contributed by atoms with van der Waals surface area (Å²) in [5.74, 6) is 1.38. The second-order valence-electron chi connectivity index (χ2n) is 9.19. The SMILES string of the molecule is CB1n2c3c4ccc(F)cc4c2N=c2c4cc(C)ccc4c(n21)=NC1=NC(=N3)c2cc(F)ccc21. The first kappa shape index (κ1) is 19.0. The van der Waals surface area contributed by atoms with Crippen molar-refractivity contribution >= 4 is 51.8 Å². The minimum Gasteiger partial charge on any atom is -0.334 e. The number of benzene rings is 3. The Hall–Kier alpha value is -4.40. The predicted molar refractivity (Wildman–Crippen MR) is 132 cm³/mol. The van der Waals surface area contributed by atoms with Crippen LogP contribution in [-0.4, -0.2) is 27.6 Å². The molecule has 5 aromatic rings. The van der Waals surface area contributed by atoms with E-state index in [1.165, 1.54) is 24.3 Å². The summed E-state index contributed by atoms with van der Waals surface area (Å²) in [6.45, 7) is 3.86. The van der Waals surface area contributed by atoms with E-state index in [1.54, 1.807) is 12.1 Å². The first-order valence-electron chi connectivity index (χ1n) is 11.4. The van der Waals surface area contributed by atoms with Crippen molar-refractivity contribution in [1.29, 1.82) is 0 Å². The number of hydrogen-bond acceptors (Lipinski definition) is 4. The van der Waals surface area contributed by atoms with Crippen LogP contribution in [0.25, 0.3) is 21.5 Å². The molecule has 4 bridgehead atoms. The lowest BCUT2D eigenvalue weighted by atomic mass is 9.78. The van der Waals surface area contributed by atoms with E-state index in [1.807, 2.05) is 23.5 Å². The highest BCUT2D eigenvalue weighted by Crippen LogP contribution is 2.41. The van der Waals surface area contributed by atoms with Gasteiger partial charge in [-0.3, -0.25) is 0 Å². The first-order valence-corrected chi connectivity index (χ1v) is 11.4. The minimum atomic E-state index is -0.370. The van der Waals surface area contributed by atoms with Crippen LogP contribution in [-0.2, 0) is 0 Å². The Bertz CT molecular complexity index is 2010. The maximum atomic E-state index is 14.4. The second-order valence-corrected chi connectivity index (χ2v) is 9.19. The van der Waals surface area contributed by atoms with Gasteiger partial charge in [0.2, 0.25) is 0 Å².